The van der Waals surface area contributed by atoms with Gasteiger partial charge in [-0.05, 0) is 72.6 Å². The van der Waals surface area contributed by atoms with Crippen molar-refractivity contribution >= 4 is 29.3 Å². The van der Waals surface area contributed by atoms with E-state index in [4.69, 9.17) is 14.5 Å². The second-order valence-corrected chi connectivity index (χ2v) is 14.6. The molecule has 50 heavy (non-hydrogen) atoms. The minimum atomic E-state index is -4.86. The molecule has 3 N–H and O–H groups in total. The van der Waals surface area contributed by atoms with Crippen LogP contribution in [-0.4, -0.2) is 74.7 Å². The third-order valence-electron chi connectivity index (χ3n) is 7.60. The van der Waals surface area contributed by atoms with E-state index in [1.54, 1.807) is 17.0 Å². The minimum Gasteiger partial charge on any atom is -0.489 e. The van der Waals surface area contributed by atoms with E-state index in [0.29, 0.717) is 11.3 Å². The molecule has 0 bridgehead atoms. The predicted molar refractivity (Wildman–Crippen MR) is 169 cm³/mol. The molecule has 3 aromatic rings. The zero-order chi connectivity index (χ0) is 36.7. The largest absolute Gasteiger partial charge is 0.573 e. The molecule has 1 aliphatic rings. The maximum atomic E-state index is 13.3. The Bertz CT molecular complexity index is 1720. The van der Waals surface area contributed by atoms with Crippen molar-refractivity contribution in [2.45, 2.75) is 55.8 Å². The van der Waals surface area contributed by atoms with Crippen LogP contribution >= 0.6 is 7.82 Å². The van der Waals surface area contributed by atoms with Crippen molar-refractivity contribution < 1.29 is 68.3 Å². The summed E-state index contributed by atoms with van der Waals surface area (Å²) in [6.07, 6.45) is -5.27. The highest BCUT2D eigenvalue weighted by Gasteiger charge is 2.35. The first-order valence-corrected chi connectivity index (χ1v) is 18.2. The highest BCUT2D eigenvalue weighted by molar-refractivity contribution is 7.91. The number of phosphoric ester groups is 1. The fourth-order valence-electron chi connectivity index (χ4n) is 5.26. The lowest BCUT2D eigenvalue weighted by atomic mass is 10.0. The zero-order valence-corrected chi connectivity index (χ0v) is 28.0. The van der Waals surface area contributed by atoms with Gasteiger partial charge in [0.25, 0.3) is 5.91 Å². The number of carbonyl (C=O) groups is 1. The Morgan fingerprint density at radius 2 is 1.62 bits per heavy atom. The first-order valence-electron chi connectivity index (χ1n) is 15.0. The van der Waals surface area contributed by atoms with Gasteiger partial charge in [0.2, 0.25) is 0 Å². The van der Waals surface area contributed by atoms with Gasteiger partial charge in [-0.1, -0.05) is 19.1 Å². The number of nitrogens with zero attached hydrogens (tertiary/aromatic N) is 1. The summed E-state index contributed by atoms with van der Waals surface area (Å²) in [7, 11) is -8.31. The molecule has 0 saturated carbocycles. The lowest BCUT2D eigenvalue weighted by molar-refractivity contribution is -0.274. The number of benzene rings is 3. The van der Waals surface area contributed by atoms with E-state index in [1.807, 2.05) is 0 Å². The zero-order valence-electron chi connectivity index (χ0n) is 26.3. The summed E-state index contributed by atoms with van der Waals surface area (Å²) >= 11 is 0. The van der Waals surface area contributed by atoms with Gasteiger partial charge in [-0.3, -0.25) is 9.32 Å². The molecule has 1 amide bonds. The van der Waals surface area contributed by atoms with E-state index in [9.17, 15) is 39.7 Å². The van der Waals surface area contributed by atoms with Gasteiger partial charge in [-0.15, -0.1) is 13.2 Å². The first-order chi connectivity index (χ1) is 23.4. The molecule has 0 spiro atoms. The maximum absolute atomic E-state index is 13.3. The SMILES string of the molecule is CCS(=O)(=O)c1ccc([C@H](CCOP(=O)(O)O)NC(=O)c2ccc(N3C[C@@H](Oc4ccc(OC(F)(F)F)cc4)C[C@H]3COC(F)F)cc2)cc1. The Balaban J connectivity index is 1.47. The molecule has 3 aromatic carbocycles. The number of hydrogen-bond donors (Lipinski definition) is 3. The van der Waals surface area contributed by atoms with Crippen LogP contribution in [-0.2, 0) is 23.7 Å². The second kappa shape index (κ2) is 16.5. The number of ether oxygens (including phenoxy) is 3. The molecule has 1 saturated heterocycles. The number of sulfone groups is 1. The quantitative estimate of drug-likeness (QED) is 0.123. The van der Waals surface area contributed by atoms with Gasteiger partial charge in [-0.2, -0.15) is 8.78 Å². The highest BCUT2D eigenvalue weighted by Crippen LogP contribution is 2.37. The molecular weight excluding hydrogens is 718 g/mol. The Labute approximate surface area is 284 Å². The number of halogens is 5. The third kappa shape index (κ3) is 11.6. The van der Waals surface area contributed by atoms with E-state index in [1.165, 1.54) is 55.5 Å². The van der Waals surface area contributed by atoms with Gasteiger partial charge < -0.3 is 34.2 Å². The monoisotopic (exact) mass is 752 g/mol. The molecular formula is C31H34F5N2O10PS. The number of carbonyl (C=O) groups excluding carboxylic acids is 1. The van der Waals surface area contributed by atoms with Crippen LogP contribution in [0.4, 0.5) is 27.6 Å². The molecule has 1 fully saturated rings. The fourth-order valence-corrected chi connectivity index (χ4v) is 6.49. The van der Waals surface area contributed by atoms with E-state index in [0.717, 1.165) is 12.1 Å². The van der Waals surface area contributed by atoms with E-state index in [2.05, 4.69) is 19.3 Å². The van der Waals surface area contributed by atoms with Crippen LogP contribution in [0.5, 0.6) is 11.5 Å². The third-order valence-corrected chi connectivity index (χ3v) is 9.87. The van der Waals surface area contributed by atoms with Gasteiger partial charge in [0.05, 0.1) is 42.5 Å². The Morgan fingerprint density at radius 3 is 2.18 bits per heavy atom. The summed E-state index contributed by atoms with van der Waals surface area (Å²) in [5.41, 5.74) is 1.16. The number of hydrogen-bond acceptors (Lipinski definition) is 9. The number of phosphoric acid groups is 1. The van der Waals surface area contributed by atoms with E-state index in [-0.39, 0.29) is 48.0 Å². The lowest BCUT2D eigenvalue weighted by Gasteiger charge is -2.26. The number of alkyl halides is 5. The second-order valence-electron chi connectivity index (χ2n) is 11.1. The van der Waals surface area contributed by atoms with Gasteiger partial charge in [-0.25, -0.2) is 13.0 Å². The van der Waals surface area contributed by atoms with Gasteiger partial charge in [0.1, 0.15) is 17.6 Å². The van der Waals surface area contributed by atoms with Gasteiger partial charge in [0, 0.05) is 17.7 Å². The van der Waals surface area contributed by atoms with Crippen LogP contribution in [0.2, 0.25) is 0 Å². The molecule has 19 heteroatoms. The molecule has 3 atom stereocenters. The molecule has 12 nitrogen and oxygen atoms in total. The van der Waals surface area contributed by atoms with Crippen LogP contribution in [0.3, 0.4) is 0 Å². The Morgan fingerprint density at radius 1 is 1.00 bits per heavy atom. The summed E-state index contributed by atoms with van der Waals surface area (Å²) in [5.74, 6) is -0.913. The maximum Gasteiger partial charge on any atom is 0.573 e. The Kier molecular flexibility index (Phi) is 12.9. The lowest BCUT2D eigenvalue weighted by Crippen LogP contribution is -2.34. The van der Waals surface area contributed by atoms with Crippen molar-refractivity contribution in [1.29, 1.82) is 0 Å². The molecule has 0 aliphatic carbocycles. The number of amides is 1. The minimum absolute atomic E-state index is 0.0659. The molecule has 274 valence electrons. The molecule has 0 unspecified atom stereocenters. The number of anilines is 1. The average molecular weight is 753 g/mol. The van der Waals surface area contributed by atoms with Crippen LogP contribution in [0.15, 0.2) is 77.7 Å². The van der Waals surface area contributed by atoms with Crippen molar-refractivity contribution in [2.75, 3.05) is 30.4 Å². The van der Waals surface area contributed by atoms with Crippen LogP contribution < -0.4 is 19.7 Å². The predicted octanol–water partition coefficient (Wildman–Crippen LogP) is 5.61. The van der Waals surface area contributed by atoms with E-state index >= 15 is 0 Å². The first kappa shape index (κ1) is 39.0. The van der Waals surface area contributed by atoms with Crippen molar-refractivity contribution in [3.63, 3.8) is 0 Å². The number of rotatable bonds is 16. The number of nitrogens with one attached hydrogen (secondary N) is 1. The Hall–Kier alpha value is -3.80. The smallest absolute Gasteiger partial charge is 0.489 e. The normalized spacial score (nSPS) is 17.5. The van der Waals surface area contributed by atoms with Crippen LogP contribution in [0, 0.1) is 0 Å². The fraction of sp³-hybridized carbons (Fsp3) is 0.387. The molecule has 0 aromatic heterocycles. The molecule has 1 aliphatic heterocycles. The highest BCUT2D eigenvalue weighted by atomic mass is 32.2. The summed E-state index contributed by atoms with van der Waals surface area (Å²) in [6, 6.07) is 15.1. The summed E-state index contributed by atoms with van der Waals surface area (Å²) < 4.78 is 118. The summed E-state index contributed by atoms with van der Waals surface area (Å²) in [4.78, 5) is 33.3. The molecule has 1 heterocycles. The topological polar surface area (TPSA) is 161 Å². The van der Waals surface area contributed by atoms with Crippen molar-refractivity contribution in [2.24, 2.45) is 0 Å². The van der Waals surface area contributed by atoms with Gasteiger partial charge >= 0.3 is 20.8 Å². The molecule has 4 rings (SSSR count). The van der Waals surface area contributed by atoms with Crippen molar-refractivity contribution in [3.05, 3.63) is 83.9 Å². The summed E-state index contributed by atoms with van der Waals surface area (Å²) in [5, 5.41) is 2.76. The average Bonchev–Trinajstić information content (AvgIpc) is 3.45. The standard InChI is InChI=1S/C31H34F5N2O10PS/c1-2-50(43,44)27-13-5-20(6-14-27)28(15-16-46-49(40,41)42)37-29(39)21-3-7-22(8-4-21)38-18-26(17-23(38)19-45-30(32)33)47-24-9-11-25(12-10-24)48-31(34,35)36/h3-14,23,26,28,30H,2,15-19H2,1H3,(H,37,39)(H2,40,41,42)/t23-,26-,28-/m0/s1. The molecule has 0 radical (unpaired) electrons. The van der Waals surface area contributed by atoms with E-state index < -0.39 is 67.1 Å². The van der Waals surface area contributed by atoms with Gasteiger partial charge in [0.15, 0.2) is 9.84 Å². The van der Waals surface area contributed by atoms with Crippen LogP contribution in [0.1, 0.15) is 41.7 Å². The van der Waals surface area contributed by atoms with Crippen molar-refractivity contribution in [3.8, 4) is 11.5 Å². The summed E-state index contributed by atoms with van der Waals surface area (Å²) in [6.45, 7) is -2.15. The van der Waals surface area contributed by atoms with Crippen molar-refractivity contribution in [1.82, 2.24) is 5.32 Å². The van der Waals surface area contributed by atoms with Crippen LogP contribution in [0.25, 0.3) is 0 Å².